The van der Waals surface area contributed by atoms with Crippen molar-refractivity contribution in [3.63, 3.8) is 0 Å². The Hall–Kier alpha value is -1.10. The Balaban J connectivity index is 2.64. The van der Waals surface area contributed by atoms with Gasteiger partial charge in [-0.1, -0.05) is 26.0 Å². The summed E-state index contributed by atoms with van der Waals surface area (Å²) in [7, 11) is 1.74. The monoisotopic (exact) mass is 293 g/mol. The number of anilines is 1. The smallest absolute Gasteiger partial charge is 0.0664 e. The maximum absolute atomic E-state index is 5.60. The molecule has 4 nitrogen and oxygen atoms in total. The van der Waals surface area contributed by atoms with Crippen molar-refractivity contribution in [2.75, 3.05) is 38.7 Å². The quantitative estimate of drug-likeness (QED) is 0.658. The van der Waals surface area contributed by atoms with Gasteiger partial charge in [0.2, 0.25) is 0 Å². The van der Waals surface area contributed by atoms with E-state index in [0.29, 0.717) is 12.6 Å². The summed E-state index contributed by atoms with van der Waals surface area (Å²) in [5, 5.41) is 3.57. The summed E-state index contributed by atoms with van der Waals surface area (Å²) >= 11 is 0. The molecule has 0 radical (unpaired) electrons. The van der Waals surface area contributed by atoms with Gasteiger partial charge in [0.25, 0.3) is 0 Å². The Labute approximate surface area is 129 Å². The number of hydrogen-bond donors (Lipinski definition) is 2. The van der Waals surface area contributed by atoms with E-state index in [1.165, 1.54) is 11.3 Å². The molecule has 0 fully saturated rings. The first-order valence-electron chi connectivity index (χ1n) is 8.00. The van der Waals surface area contributed by atoms with Crippen LogP contribution in [0.4, 0.5) is 5.69 Å². The summed E-state index contributed by atoms with van der Waals surface area (Å²) in [6, 6.07) is 8.99. The predicted octanol–water partition coefficient (Wildman–Crippen LogP) is 2.69. The van der Waals surface area contributed by atoms with Crippen LogP contribution in [0.1, 0.15) is 32.3 Å². The second-order valence-electron chi connectivity index (χ2n) is 5.39. The van der Waals surface area contributed by atoms with E-state index in [0.717, 1.165) is 39.0 Å². The minimum Gasteiger partial charge on any atom is -0.383 e. The fraction of sp³-hybridized carbons (Fsp3) is 0.647. The van der Waals surface area contributed by atoms with Crippen LogP contribution in [0.5, 0.6) is 0 Å². The molecule has 120 valence electrons. The van der Waals surface area contributed by atoms with Crippen LogP contribution >= 0.6 is 0 Å². The molecule has 3 N–H and O–H groups in total. The molecular formula is C17H31N3O. The van der Waals surface area contributed by atoms with E-state index >= 15 is 0 Å². The van der Waals surface area contributed by atoms with Gasteiger partial charge >= 0.3 is 0 Å². The van der Waals surface area contributed by atoms with E-state index in [-0.39, 0.29) is 0 Å². The molecule has 1 unspecified atom stereocenters. The van der Waals surface area contributed by atoms with Crippen molar-refractivity contribution < 1.29 is 4.74 Å². The Morgan fingerprint density at radius 3 is 2.67 bits per heavy atom. The lowest BCUT2D eigenvalue weighted by Gasteiger charge is -2.21. The molecular weight excluding hydrogens is 262 g/mol. The Morgan fingerprint density at radius 1 is 1.29 bits per heavy atom. The molecule has 0 bridgehead atoms. The number of hydrogen-bond acceptors (Lipinski definition) is 4. The van der Waals surface area contributed by atoms with Gasteiger partial charge in [-0.3, -0.25) is 4.90 Å². The fourth-order valence-electron chi connectivity index (χ4n) is 2.46. The maximum atomic E-state index is 5.60. The zero-order valence-corrected chi connectivity index (χ0v) is 13.8. The summed E-state index contributed by atoms with van der Waals surface area (Å²) in [6.07, 6.45) is 2.05. The molecule has 21 heavy (non-hydrogen) atoms. The molecule has 0 heterocycles. The normalized spacial score (nSPS) is 12.6. The van der Waals surface area contributed by atoms with Crippen LogP contribution in [0.3, 0.4) is 0 Å². The van der Waals surface area contributed by atoms with Gasteiger partial charge < -0.3 is 15.8 Å². The van der Waals surface area contributed by atoms with Crippen molar-refractivity contribution in [3.8, 4) is 0 Å². The van der Waals surface area contributed by atoms with Crippen molar-refractivity contribution >= 4 is 5.69 Å². The van der Waals surface area contributed by atoms with Crippen molar-refractivity contribution in [3.05, 3.63) is 29.8 Å². The van der Waals surface area contributed by atoms with Crippen molar-refractivity contribution in [2.24, 2.45) is 5.73 Å². The van der Waals surface area contributed by atoms with Crippen LogP contribution in [-0.4, -0.2) is 44.3 Å². The molecule has 0 spiro atoms. The van der Waals surface area contributed by atoms with Crippen LogP contribution in [0.2, 0.25) is 0 Å². The molecule has 1 aromatic rings. The summed E-state index contributed by atoms with van der Waals surface area (Å²) < 4.78 is 5.29. The van der Waals surface area contributed by atoms with Crippen LogP contribution in [0.25, 0.3) is 0 Å². The number of nitrogens with one attached hydrogen (secondary N) is 1. The van der Waals surface area contributed by atoms with Gasteiger partial charge in [-0.25, -0.2) is 0 Å². The molecule has 0 aliphatic rings. The van der Waals surface area contributed by atoms with Crippen molar-refractivity contribution in [1.82, 2.24) is 4.90 Å². The highest BCUT2D eigenvalue weighted by Gasteiger charge is 2.08. The lowest BCUT2D eigenvalue weighted by Crippen LogP contribution is -2.26. The average Bonchev–Trinajstić information content (AvgIpc) is 2.51. The van der Waals surface area contributed by atoms with Gasteiger partial charge in [0.15, 0.2) is 0 Å². The largest absolute Gasteiger partial charge is 0.383 e. The summed E-state index contributed by atoms with van der Waals surface area (Å²) in [5.41, 5.74) is 8.11. The SMILES string of the molecule is CCN(CC)Cc1cccc(NC(CCCN)COC)c1. The topological polar surface area (TPSA) is 50.5 Å². The second kappa shape index (κ2) is 10.6. The Morgan fingerprint density at radius 2 is 2.05 bits per heavy atom. The Bertz CT molecular complexity index is 380. The van der Waals surface area contributed by atoms with Crippen LogP contribution in [0.15, 0.2) is 24.3 Å². The number of nitrogens with zero attached hydrogens (tertiary/aromatic N) is 1. The molecule has 1 aromatic carbocycles. The second-order valence-corrected chi connectivity index (χ2v) is 5.39. The predicted molar refractivity (Wildman–Crippen MR) is 90.6 cm³/mol. The summed E-state index contributed by atoms with van der Waals surface area (Å²) in [4.78, 5) is 2.42. The molecule has 0 aromatic heterocycles. The van der Waals surface area contributed by atoms with Gasteiger partial charge in [0, 0.05) is 25.4 Å². The van der Waals surface area contributed by atoms with E-state index in [9.17, 15) is 0 Å². The van der Waals surface area contributed by atoms with Crippen LogP contribution in [-0.2, 0) is 11.3 Å². The lowest BCUT2D eigenvalue weighted by atomic mass is 10.1. The first-order chi connectivity index (χ1) is 10.2. The number of ether oxygens (including phenoxy) is 1. The van der Waals surface area contributed by atoms with Gasteiger partial charge in [0.1, 0.15) is 0 Å². The molecule has 1 atom stereocenters. The number of methoxy groups -OCH3 is 1. The van der Waals surface area contributed by atoms with E-state index in [1.54, 1.807) is 7.11 Å². The molecule has 0 saturated carbocycles. The van der Waals surface area contributed by atoms with Crippen molar-refractivity contribution in [2.45, 2.75) is 39.3 Å². The van der Waals surface area contributed by atoms with Gasteiger partial charge in [-0.15, -0.1) is 0 Å². The highest BCUT2D eigenvalue weighted by Crippen LogP contribution is 2.15. The molecule has 0 saturated heterocycles. The number of rotatable bonds is 11. The third kappa shape index (κ3) is 6.93. The highest BCUT2D eigenvalue weighted by molar-refractivity contribution is 5.46. The summed E-state index contributed by atoms with van der Waals surface area (Å²) in [5.74, 6) is 0. The van der Waals surface area contributed by atoms with E-state index in [2.05, 4.69) is 48.3 Å². The Kier molecular flexibility index (Phi) is 9.06. The number of benzene rings is 1. The first kappa shape index (κ1) is 18.0. The van der Waals surface area contributed by atoms with Gasteiger partial charge in [-0.05, 0) is 50.2 Å². The molecule has 0 aliphatic heterocycles. The van der Waals surface area contributed by atoms with E-state index < -0.39 is 0 Å². The third-order valence-electron chi connectivity index (χ3n) is 3.72. The van der Waals surface area contributed by atoms with Crippen LogP contribution in [0, 0.1) is 0 Å². The van der Waals surface area contributed by atoms with E-state index in [1.807, 2.05) is 0 Å². The number of nitrogens with two attached hydrogens (primary N) is 1. The standard InChI is InChI=1S/C17H31N3O/c1-4-20(5-2)13-15-8-6-9-16(12-15)19-17(14-21-3)10-7-11-18/h6,8-9,12,17,19H,4-5,7,10-11,13-14,18H2,1-3H3. The van der Waals surface area contributed by atoms with Gasteiger partial charge in [0.05, 0.1) is 6.61 Å². The van der Waals surface area contributed by atoms with Gasteiger partial charge in [-0.2, -0.15) is 0 Å². The average molecular weight is 293 g/mol. The molecule has 4 heteroatoms. The molecule has 0 amide bonds. The molecule has 0 aliphatic carbocycles. The van der Waals surface area contributed by atoms with Crippen molar-refractivity contribution in [1.29, 1.82) is 0 Å². The maximum Gasteiger partial charge on any atom is 0.0664 e. The van der Waals surface area contributed by atoms with E-state index in [4.69, 9.17) is 10.5 Å². The lowest BCUT2D eigenvalue weighted by molar-refractivity contribution is 0.182. The fourth-order valence-corrected chi connectivity index (χ4v) is 2.46. The molecule has 1 rings (SSSR count). The minimum atomic E-state index is 0.322. The highest BCUT2D eigenvalue weighted by atomic mass is 16.5. The third-order valence-corrected chi connectivity index (χ3v) is 3.72. The summed E-state index contributed by atoms with van der Waals surface area (Å²) in [6.45, 7) is 9.00. The zero-order chi connectivity index (χ0) is 15.5. The first-order valence-corrected chi connectivity index (χ1v) is 8.00. The van der Waals surface area contributed by atoms with Crippen LogP contribution < -0.4 is 11.1 Å². The zero-order valence-electron chi connectivity index (χ0n) is 13.8. The minimum absolute atomic E-state index is 0.322.